The van der Waals surface area contributed by atoms with Crippen molar-refractivity contribution in [2.45, 2.75) is 50.4 Å². The van der Waals surface area contributed by atoms with Gasteiger partial charge < -0.3 is 10.1 Å². The Labute approximate surface area is 109 Å². The summed E-state index contributed by atoms with van der Waals surface area (Å²) in [5.41, 5.74) is -0.587. The summed E-state index contributed by atoms with van der Waals surface area (Å²) in [7, 11) is -2.48. The quantitative estimate of drug-likeness (QED) is 0.732. The number of hydrogen-bond acceptors (Lipinski definition) is 4. The third-order valence-corrected chi connectivity index (χ3v) is 6.67. The van der Waals surface area contributed by atoms with Crippen molar-refractivity contribution >= 4 is 15.8 Å². The van der Waals surface area contributed by atoms with Gasteiger partial charge in [0.25, 0.3) is 0 Å². The highest BCUT2D eigenvalue weighted by molar-refractivity contribution is 7.95. The Morgan fingerprint density at radius 1 is 1.39 bits per heavy atom. The van der Waals surface area contributed by atoms with E-state index in [2.05, 4.69) is 9.68 Å². The monoisotopic (exact) mass is 274 g/mol. The van der Waals surface area contributed by atoms with Crippen LogP contribution in [0.3, 0.4) is 0 Å². The molecule has 6 heteroatoms. The van der Waals surface area contributed by atoms with Gasteiger partial charge in [-0.3, -0.25) is 0 Å². The van der Waals surface area contributed by atoms with Gasteiger partial charge in [0.05, 0.1) is 14.5 Å². The molecule has 2 aliphatic rings. The van der Waals surface area contributed by atoms with Gasteiger partial charge in [-0.1, -0.05) is 6.42 Å². The normalized spacial score (nSPS) is 30.6. The zero-order chi connectivity index (χ0) is 13.4. The molecule has 1 aliphatic carbocycles. The second kappa shape index (κ2) is 4.49. The Morgan fingerprint density at radius 2 is 2.06 bits per heavy atom. The molecular weight excluding hydrogens is 252 g/mol. The maximum absolute atomic E-state index is 12.9. The van der Waals surface area contributed by atoms with Gasteiger partial charge in [0.1, 0.15) is 5.60 Å². The standard InChI is InChI=1S/C12H22N2O3S/c1-11(2,3)17-10(15)14-18(16)8-7-13-9-12(18)5-4-6-12/h13H,4-9H2,1-3H3. The van der Waals surface area contributed by atoms with Crippen molar-refractivity contribution in [3.63, 3.8) is 0 Å². The van der Waals surface area contributed by atoms with Crippen LogP contribution in [0.5, 0.6) is 0 Å². The van der Waals surface area contributed by atoms with Gasteiger partial charge in [0.2, 0.25) is 0 Å². The van der Waals surface area contributed by atoms with Gasteiger partial charge in [0.15, 0.2) is 0 Å². The molecule has 0 bridgehead atoms. The summed E-state index contributed by atoms with van der Waals surface area (Å²) in [4.78, 5) is 11.8. The second-order valence-corrected chi connectivity index (χ2v) is 8.87. The van der Waals surface area contributed by atoms with Crippen molar-refractivity contribution < 1.29 is 13.7 Å². The van der Waals surface area contributed by atoms with Crippen LogP contribution in [0.2, 0.25) is 0 Å². The van der Waals surface area contributed by atoms with Crippen LogP contribution in [0.15, 0.2) is 4.36 Å². The van der Waals surface area contributed by atoms with E-state index < -0.39 is 21.4 Å². The molecule has 5 nitrogen and oxygen atoms in total. The van der Waals surface area contributed by atoms with Gasteiger partial charge in [0, 0.05) is 18.8 Å². The number of amides is 1. The van der Waals surface area contributed by atoms with E-state index in [1.54, 1.807) is 20.8 Å². The fourth-order valence-electron chi connectivity index (χ4n) is 2.47. The van der Waals surface area contributed by atoms with E-state index in [0.717, 1.165) is 19.3 Å². The van der Waals surface area contributed by atoms with Gasteiger partial charge in [-0.15, -0.1) is 4.36 Å². The number of hydrogen-bond donors (Lipinski definition) is 1. The largest absolute Gasteiger partial charge is 0.442 e. The van der Waals surface area contributed by atoms with Crippen LogP contribution >= 0.6 is 0 Å². The predicted octanol–water partition coefficient (Wildman–Crippen LogP) is 1.92. The fraction of sp³-hybridized carbons (Fsp3) is 0.917. The van der Waals surface area contributed by atoms with Crippen molar-refractivity contribution in [2.24, 2.45) is 4.36 Å². The van der Waals surface area contributed by atoms with E-state index in [0.29, 0.717) is 18.8 Å². The molecule has 0 radical (unpaired) electrons. The summed E-state index contributed by atoms with van der Waals surface area (Å²) in [6.07, 6.45) is 2.18. The molecule has 1 saturated heterocycles. The highest BCUT2D eigenvalue weighted by atomic mass is 32.2. The smallest absolute Gasteiger partial charge is 0.442 e. The van der Waals surface area contributed by atoms with Gasteiger partial charge in [-0.05, 0) is 33.6 Å². The van der Waals surface area contributed by atoms with Crippen LogP contribution in [0.4, 0.5) is 4.79 Å². The van der Waals surface area contributed by atoms with Crippen molar-refractivity contribution in [1.82, 2.24) is 5.32 Å². The first-order valence-electron chi connectivity index (χ1n) is 6.45. The van der Waals surface area contributed by atoms with E-state index in [9.17, 15) is 9.00 Å². The Morgan fingerprint density at radius 3 is 2.56 bits per heavy atom. The summed E-state index contributed by atoms with van der Waals surface area (Å²) in [5, 5.41) is 3.26. The maximum Gasteiger partial charge on any atom is 0.442 e. The van der Waals surface area contributed by atoms with E-state index in [-0.39, 0.29) is 4.75 Å². The lowest BCUT2D eigenvalue weighted by molar-refractivity contribution is 0.0606. The molecule has 1 aliphatic heterocycles. The molecule has 1 N–H and O–H groups in total. The van der Waals surface area contributed by atoms with Crippen LogP contribution in [0.25, 0.3) is 0 Å². The first-order valence-corrected chi connectivity index (χ1v) is 8.13. The number of ether oxygens (including phenoxy) is 1. The topological polar surface area (TPSA) is 67.8 Å². The molecule has 0 aromatic rings. The van der Waals surface area contributed by atoms with Gasteiger partial charge >= 0.3 is 6.09 Å². The average Bonchev–Trinajstić information content (AvgIpc) is 2.11. The first kappa shape index (κ1) is 13.8. The van der Waals surface area contributed by atoms with Gasteiger partial charge in [-0.25, -0.2) is 9.00 Å². The Bertz CT molecular complexity index is 454. The minimum absolute atomic E-state index is 0.290. The predicted molar refractivity (Wildman–Crippen MR) is 71.1 cm³/mol. The lowest BCUT2D eigenvalue weighted by Crippen LogP contribution is -2.58. The van der Waals surface area contributed by atoms with E-state index in [1.807, 2.05) is 0 Å². The zero-order valence-electron chi connectivity index (χ0n) is 11.3. The van der Waals surface area contributed by atoms with E-state index in [1.165, 1.54) is 0 Å². The maximum atomic E-state index is 12.9. The number of nitrogens with zero attached hydrogens (tertiary/aromatic N) is 1. The van der Waals surface area contributed by atoms with Crippen LogP contribution in [-0.4, -0.2) is 39.5 Å². The zero-order valence-corrected chi connectivity index (χ0v) is 12.1. The van der Waals surface area contributed by atoms with Crippen LogP contribution in [-0.2, 0) is 14.5 Å². The van der Waals surface area contributed by atoms with Crippen LogP contribution in [0.1, 0.15) is 40.0 Å². The van der Waals surface area contributed by atoms with Crippen molar-refractivity contribution in [3.05, 3.63) is 0 Å². The Kier molecular flexibility index (Phi) is 3.44. The average molecular weight is 274 g/mol. The third-order valence-electron chi connectivity index (χ3n) is 3.56. The summed E-state index contributed by atoms with van der Waals surface area (Å²) in [6.45, 7) is 6.73. The van der Waals surface area contributed by atoms with Crippen molar-refractivity contribution in [3.8, 4) is 0 Å². The minimum Gasteiger partial charge on any atom is -0.442 e. The number of nitrogens with one attached hydrogen (secondary N) is 1. The molecule has 1 saturated carbocycles. The van der Waals surface area contributed by atoms with Crippen LogP contribution < -0.4 is 5.32 Å². The molecule has 2 rings (SSSR count). The van der Waals surface area contributed by atoms with Gasteiger partial charge in [-0.2, -0.15) is 0 Å². The summed E-state index contributed by atoms with van der Waals surface area (Å²) in [5.74, 6) is 0.451. The minimum atomic E-state index is -2.48. The second-order valence-electron chi connectivity index (χ2n) is 6.13. The highest BCUT2D eigenvalue weighted by Crippen LogP contribution is 2.42. The molecule has 0 aromatic heterocycles. The highest BCUT2D eigenvalue weighted by Gasteiger charge is 2.48. The number of carbonyl (C=O) groups is 1. The molecule has 1 unspecified atom stereocenters. The third kappa shape index (κ3) is 2.54. The summed E-state index contributed by atoms with van der Waals surface area (Å²) >= 11 is 0. The fourth-order valence-corrected chi connectivity index (χ4v) is 5.14. The molecule has 0 aromatic carbocycles. The number of rotatable bonds is 0. The molecule has 1 spiro atoms. The SMILES string of the molecule is CC(C)(C)OC(=O)N=S1(=O)CCNCC12CCC2. The Balaban J connectivity index is 2.23. The molecule has 1 heterocycles. The molecule has 1 atom stereocenters. The molecular formula is C12H22N2O3S. The molecule has 18 heavy (non-hydrogen) atoms. The Hall–Kier alpha value is -0.620. The van der Waals surface area contributed by atoms with E-state index >= 15 is 0 Å². The summed E-state index contributed by atoms with van der Waals surface area (Å²) < 4.78 is 21.8. The molecule has 2 fully saturated rings. The molecule has 1 amide bonds. The van der Waals surface area contributed by atoms with Crippen molar-refractivity contribution in [2.75, 3.05) is 18.8 Å². The number of carbonyl (C=O) groups excluding carboxylic acids is 1. The van der Waals surface area contributed by atoms with E-state index in [4.69, 9.17) is 4.74 Å². The lowest BCUT2D eigenvalue weighted by Gasteiger charge is -2.46. The molecule has 104 valence electrons. The summed E-state index contributed by atoms with van der Waals surface area (Å²) in [6, 6.07) is 0. The first-order chi connectivity index (χ1) is 8.27. The van der Waals surface area contributed by atoms with Crippen LogP contribution in [0, 0.1) is 0 Å². The van der Waals surface area contributed by atoms with Crippen molar-refractivity contribution in [1.29, 1.82) is 0 Å². The lowest BCUT2D eigenvalue weighted by atomic mass is 9.84.